The minimum absolute atomic E-state index is 0.0894. The number of carbonyl (C=O) groups excluding carboxylic acids is 1. The van der Waals surface area contributed by atoms with Crippen LogP contribution in [0.4, 0.5) is 10.1 Å². The van der Waals surface area contributed by atoms with Gasteiger partial charge in [-0.3, -0.25) is 4.79 Å². The number of benzene rings is 1. The lowest BCUT2D eigenvalue weighted by Crippen LogP contribution is -2.33. The third kappa shape index (κ3) is 4.90. The van der Waals surface area contributed by atoms with Crippen molar-refractivity contribution in [2.24, 2.45) is 0 Å². The number of ether oxygens (including phenoxy) is 1. The Kier molecular flexibility index (Phi) is 5.49. The molecule has 1 aliphatic rings. The molecule has 1 unspecified atom stereocenters. The average Bonchev–Trinajstić information content (AvgIpc) is 2.61. The van der Waals surface area contributed by atoms with E-state index in [0.717, 1.165) is 26.1 Å². The van der Waals surface area contributed by atoms with Crippen molar-refractivity contribution in [1.82, 2.24) is 4.90 Å². The van der Waals surface area contributed by atoms with Crippen LogP contribution >= 0.6 is 0 Å². The second kappa shape index (κ2) is 7.36. The van der Waals surface area contributed by atoms with E-state index in [-0.39, 0.29) is 17.8 Å². The molecule has 0 aliphatic carbocycles. The number of nitrogens with zero attached hydrogens (tertiary/aromatic N) is 1. The van der Waals surface area contributed by atoms with Crippen LogP contribution in [-0.4, -0.2) is 43.2 Å². The minimum Gasteiger partial charge on any atom is -0.377 e. The number of anilines is 1. The van der Waals surface area contributed by atoms with Crippen LogP contribution in [0.25, 0.3) is 0 Å². The van der Waals surface area contributed by atoms with Crippen molar-refractivity contribution in [2.45, 2.75) is 25.9 Å². The summed E-state index contributed by atoms with van der Waals surface area (Å²) in [6.45, 7) is 5.35. The van der Waals surface area contributed by atoms with Crippen molar-refractivity contribution >= 4 is 11.6 Å². The summed E-state index contributed by atoms with van der Waals surface area (Å²) < 4.78 is 18.6. The van der Waals surface area contributed by atoms with Crippen LogP contribution in [0.3, 0.4) is 0 Å². The SMILES string of the molecule is CC1CN(CCC(=O)Nc2cccc(F)c2)CCCO1. The molecule has 0 aromatic heterocycles. The van der Waals surface area contributed by atoms with Crippen molar-refractivity contribution in [2.75, 3.05) is 31.6 Å². The fourth-order valence-electron chi connectivity index (χ4n) is 2.33. The highest BCUT2D eigenvalue weighted by atomic mass is 19.1. The topological polar surface area (TPSA) is 41.6 Å². The molecule has 0 spiro atoms. The number of nitrogens with one attached hydrogen (secondary N) is 1. The Labute approximate surface area is 118 Å². The van der Waals surface area contributed by atoms with Gasteiger partial charge < -0.3 is 15.0 Å². The van der Waals surface area contributed by atoms with Crippen LogP contribution in [-0.2, 0) is 9.53 Å². The van der Waals surface area contributed by atoms with E-state index in [1.807, 2.05) is 6.92 Å². The summed E-state index contributed by atoms with van der Waals surface area (Å²) in [6, 6.07) is 5.94. The highest BCUT2D eigenvalue weighted by molar-refractivity contribution is 5.90. The Morgan fingerprint density at radius 1 is 1.55 bits per heavy atom. The molecule has 5 heteroatoms. The van der Waals surface area contributed by atoms with Crippen molar-refractivity contribution in [3.05, 3.63) is 30.1 Å². The zero-order valence-electron chi connectivity index (χ0n) is 11.8. The molecule has 20 heavy (non-hydrogen) atoms. The largest absolute Gasteiger partial charge is 0.377 e. The quantitative estimate of drug-likeness (QED) is 0.920. The minimum atomic E-state index is -0.346. The molecule has 1 amide bonds. The van der Waals surface area contributed by atoms with E-state index in [0.29, 0.717) is 18.7 Å². The van der Waals surface area contributed by atoms with E-state index in [4.69, 9.17) is 4.74 Å². The van der Waals surface area contributed by atoms with E-state index in [9.17, 15) is 9.18 Å². The molecule has 0 radical (unpaired) electrons. The van der Waals surface area contributed by atoms with Gasteiger partial charge in [0.25, 0.3) is 0 Å². The zero-order valence-corrected chi connectivity index (χ0v) is 11.8. The lowest BCUT2D eigenvalue weighted by atomic mass is 10.2. The van der Waals surface area contributed by atoms with Crippen molar-refractivity contribution in [3.63, 3.8) is 0 Å². The fraction of sp³-hybridized carbons (Fsp3) is 0.533. The molecule has 1 aromatic carbocycles. The Balaban J connectivity index is 1.77. The summed E-state index contributed by atoms with van der Waals surface area (Å²) in [6.07, 6.45) is 1.61. The maximum atomic E-state index is 13.0. The van der Waals surface area contributed by atoms with Gasteiger partial charge in [-0.25, -0.2) is 4.39 Å². The van der Waals surface area contributed by atoms with Crippen LogP contribution in [0.2, 0.25) is 0 Å². The lowest BCUT2D eigenvalue weighted by molar-refractivity contribution is -0.116. The monoisotopic (exact) mass is 280 g/mol. The summed E-state index contributed by atoms with van der Waals surface area (Å²) in [7, 11) is 0. The first-order chi connectivity index (χ1) is 9.63. The van der Waals surface area contributed by atoms with Crippen molar-refractivity contribution in [3.8, 4) is 0 Å². The van der Waals surface area contributed by atoms with Gasteiger partial charge in [0.2, 0.25) is 5.91 Å². The molecular weight excluding hydrogens is 259 g/mol. The van der Waals surface area contributed by atoms with Gasteiger partial charge in [0, 0.05) is 38.3 Å². The molecular formula is C15H21FN2O2. The van der Waals surface area contributed by atoms with Gasteiger partial charge in [-0.15, -0.1) is 0 Å². The van der Waals surface area contributed by atoms with Gasteiger partial charge in [0.15, 0.2) is 0 Å². The van der Waals surface area contributed by atoms with Crippen molar-refractivity contribution < 1.29 is 13.9 Å². The van der Waals surface area contributed by atoms with Crippen LogP contribution in [0, 0.1) is 5.82 Å². The Morgan fingerprint density at radius 2 is 2.40 bits per heavy atom. The molecule has 1 heterocycles. The Morgan fingerprint density at radius 3 is 3.20 bits per heavy atom. The molecule has 4 nitrogen and oxygen atoms in total. The second-order valence-corrected chi connectivity index (χ2v) is 5.14. The van der Waals surface area contributed by atoms with E-state index < -0.39 is 0 Å². The third-order valence-corrected chi connectivity index (χ3v) is 3.30. The number of carbonyl (C=O) groups is 1. The highest BCUT2D eigenvalue weighted by Crippen LogP contribution is 2.10. The fourth-order valence-corrected chi connectivity index (χ4v) is 2.33. The average molecular weight is 280 g/mol. The maximum absolute atomic E-state index is 13.0. The molecule has 1 saturated heterocycles. The van der Waals surface area contributed by atoms with Gasteiger partial charge in [0.1, 0.15) is 5.82 Å². The molecule has 110 valence electrons. The summed E-state index contributed by atoms with van der Waals surface area (Å²) in [5.41, 5.74) is 0.502. The van der Waals surface area contributed by atoms with Crippen LogP contribution in [0.1, 0.15) is 19.8 Å². The number of amides is 1. The van der Waals surface area contributed by atoms with E-state index in [1.54, 1.807) is 12.1 Å². The highest BCUT2D eigenvalue weighted by Gasteiger charge is 2.15. The number of hydrogen-bond donors (Lipinski definition) is 1. The van der Waals surface area contributed by atoms with Gasteiger partial charge in [-0.1, -0.05) is 6.07 Å². The number of halogens is 1. The molecule has 1 aliphatic heterocycles. The summed E-state index contributed by atoms with van der Waals surface area (Å²) >= 11 is 0. The smallest absolute Gasteiger partial charge is 0.225 e. The van der Waals surface area contributed by atoms with Crippen LogP contribution in [0.5, 0.6) is 0 Å². The third-order valence-electron chi connectivity index (χ3n) is 3.30. The lowest BCUT2D eigenvalue weighted by Gasteiger charge is -2.21. The second-order valence-electron chi connectivity index (χ2n) is 5.14. The first kappa shape index (κ1) is 14.9. The molecule has 0 bridgehead atoms. The predicted molar refractivity (Wildman–Crippen MR) is 76.1 cm³/mol. The van der Waals surface area contributed by atoms with Gasteiger partial charge in [-0.05, 0) is 31.5 Å². The number of rotatable bonds is 4. The maximum Gasteiger partial charge on any atom is 0.225 e. The van der Waals surface area contributed by atoms with Crippen LogP contribution < -0.4 is 5.32 Å². The zero-order chi connectivity index (χ0) is 14.4. The molecule has 1 aromatic rings. The molecule has 1 atom stereocenters. The van der Waals surface area contributed by atoms with Gasteiger partial charge in [-0.2, -0.15) is 0 Å². The number of hydrogen-bond acceptors (Lipinski definition) is 3. The van der Waals surface area contributed by atoms with E-state index in [2.05, 4.69) is 10.2 Å². The molecule has 1 N–H and O–H groups in total. The van der Waals surface area contributed by atoms with Gasteiger partial charge in [0.05, 0.1) is 6.10 Å². The summed E-state index contributed by atoms with van der Waals surface area (Å²) in [5.74, 6) is -0.435. The van der Waals surface area contributed by atoms with Crippen molar-refractivity contribution in [1.29, 1.82) is 0 Å². The van der Waals surface area contributed by atoms with Gasteiger partial charge >= 0.3 is 0 Å². The predicted octanol–water partition coefficient (Wildman–Crippen LogP) is 2.27. The normalized spacial score (nSPS) is 20.4. The Hall–Kier alpha value is -1.46. The molecule has 2 rings (SSSR count). The first-order valence-electron chi connectivity index (χ1n) is 7.03. The molecule has 1 fully saturated rings. The summed E-state index contributed by atoms with van der Waals surface area (Å²) in [4.78, 5) is 14.1. The summed E-state index contributed by atoms with van der Waals surface area (Å²) in [5, 5.41) is 2.71. The van der Waals surface area contributed by atoms with Crippen LogP contribution in [0.15, 0.2) is 24.3 Å². The first-order valence-corrected chi connectivity index (χ1v) is 7.03. The molecule has 0 saturated carbocycles. The van der Waals surface area contributed by atoms with E-state index >= 15 is 0 Å². The van der Waals surface area contributed by atoms with E-state index in [1.165, 1.54) is 12.1 Å². The standard InChI is InChI=1S/C15H21FN2O2/c1-12-11-18(7-3-9-20-12)8-6-15(19)17-14-5-2-4-13(16)10-14/h2,4-5,10,12H,3,6-9,11H2,1H3,(H,17,19). The Bertz CT molecular complexity index is 453.